The van der Waals surface area contributed by atoms with Gasteiger partial charge in [-0.1, -0.05) is 0 Å². The molecule has 0 saturated heterocycles. The first-order valence-corrected chi connectivity index (χ1v) is 8.84. The van der Waals surface area contributed by atoms with Gasteiger partial charge in [-0.3, -0.25) is 4.79 Å². The van der Waals surface area contributed by atoms with Crippen molar-refractivity contribution in [1.29, 1.82) is 0 Å². The van der Waals surface area contributed by atoms with Gasteiger partial charge >= 0.3 is 0 Å². The molecule has 2 heterocycles. The monoisotopic (exact) mass is 326 g/mol. The van der Waals surface area contributed by atoms with Gasteiger partial charge < -0.3 is 14.8 Å². The van der Waals surface area contributed by atoms with E-state index in [0.717, 1.165) is 11.5 Å². The van der Waals surface area contributed by atoms with Crippen molar-refractivity contribution in [2.75, 3.05) is 18.6 Å². The lowest BCUT2D eigenvalue weighted by Gasteiger charge is -2.15. The SMILES string of the molecule is CSCC(CCO)NC(=O)c1csc(-c2ccc(C)o2)n1. The molecule has 2 aromatic rings. The molecule has 0 bridgehead atoms. The van der Waals surface area contributed by atoms with Gasteiger partial charge in [0.1, 0.15) is 11.5 Å². The summed E-state index contributed by atoms with van der Waals surface area (Å²) in [5.41, 5.74) is 0.382. The zero-order valence-corrected chi connectivity index (χ0v) is 13.6. The van der Waals surface area contributed by atoms with Crippen LogP contribution in [0.25, 0.3) is 10.8 Å². The molecule has 2 aromatic heterocycles. The van der Waals surface area contributed by atoms with Crippen molar-refractivity contribution in [3.05, 3.63) is 29.0 Å². The summed E-state index contributed by atoms with van der Waals surface area (Å²) in [7, 11) is 0. The van der Waals surface area contributed by atoms with E-state index in [1.54, 1.807) is 17.1 Å². The number of hydrogen-bond acceptors (Lipinski definition) is 6. The second-order valence-corrected chi connectivity index (χ2v) is 6.35. The molecule has 114 valence electrons. The minimum Gasteiger partial charge on any atom is -0.459 e. The van der Waals surface area contributed by atoms with E-state index in [-0.39, 0.29) is 18.6 Å². The Labute approximate surface area is 131 Å². The first-order chi connectivity index (χ1) is 10.1. The maximum absolute atomic E-state index is 12.2. The van der Waals surface area contributed by atoms with Crippen molar-refractivity contribution in [3.63, 3.8) is 0 Å². The van der Waals surface area contributed by atoms with Crippen molar-refractivity contribution in [3.8, 4) is 10.8 Å². The van der Waals surface area contributed by atoms with E-state index in [1.807, 2.05) is 25.3 Å². The van der Waals surface area contributed by atoms with Gasteiger partial charge in [-0.25, -0.2) is 4.98 Å². The van der Waals surface area contributed by atoms with Crippen molar-refractivity contribution in [2.45, 2.75) is 19.4 Å². The zero-order chi connectivity index (χ0) is 15.2. The lowest BCUT2D eigenvalue weighted by atomic mass is 10.2. The fourth-order valence-electron chi connectivity index (χ4n) is 1.85. The third kappa shape index (κ3) is 4.33. The number of nitrogens with zero attached hydrogens (tertiary/aromatic N) is 1. The van der Waals surface area contributed by atoms with E-state index in [1.165, 1.54) is 11.3 Å². The van der Waals surface area contributed by atoms with Gasteiger partial charge in [0.2, 0.25) is 0 Å². The zero-order valence-electron chi connectivity index (χ0n) is 12.0. The summed E-state index contributed by atoms with van der Waals surface area (Å²) in [6, 6.07) is 3.66. The molecule has 1 atom stereocenters. The van der Waals surface area contributed by atoms with Crippen molar-refractivity contribution in [2.24, 2.45) is 0 Å². The molecule has 0 aromatic carbocycles. The number of aryl methyl sites for hydroxylation is 1. The number of furan rings is 1. The molecule has 7 heteroatoms. The van der Waals surface area contributed by atoms with E-state index >= 15 is 0 Å². The normalized spacial score (nSPS) is 12.3. The summed E-state index contributed by atoms with van der Waals surface area (Å²) in [4.78, 5) is 16.5. The largest absolute Gasteiger partial charge is 0.459 e. The van der Waals surface area contributed by atoms with Crippen LogP contribution in [0.5, 0.6) is 0 Å². The van der Waals surface area contributed by atoms with Crippen LogP contribution in [0, 0.1) is 6.92 Å². The van der Waals surface area contributed by atoms with Crippen molar-refractivity contribution >= 4 is 29.0 Å². The molecule has 1 amide bonds. The van der Waals surface area contributed by atoms with Crippen LogP contribution in [-0.2, 0) is 0 Å². The Balaban J connectivity index is 2.04. The average Bonchev–Trinajstić information content (AvgIpc) is 3.07. The van der Waals surface area contributed by atoms with Gasteiger partial charge in [0.15, 0.2) is 10.8 Å². The number of carbonyl (C=O) groups is 1. The molecule has 0 aliphatic rings. The van der Waals surface area contributed by atoms with Gasteiger partial charge in [0.05, 0.1) is 0 Å². The van der Waals surface area contributed by atoms with E-state index in [9.17, 15) is 4.79 Å². The van der Waals surface area contributed by atoms with Crippen LogP contribution >= 0.6 is 23.1 Å². The smallest absolute Gasteiger partial charge is 0.271 e. The highest BCUT2D eigenvalue weighted by Gasteiger charge is 2.17. The summed E-state index contributed by atoms with van der Waals surface area (Å²) in [5, 5.41) is 14.3. The Hall–Kier alpha value is -1.31. The number of thiazole rings is 1. The molecular weight excluding hydrogens is 308 g/mol. The standard InChI is InChI=1S/C14H18N2O3S2/c1-9-3-4-12(19-9)14-16-11(8-21-14)13(18)15-10(5-6-17)7-20-2/h3-4,8,10,17H,5-7H2,1-2H3,(H,15,18). The minimum atomic E-state index is -0.215. The Morgan fingerprint density at radius 3 is 3.00 bits per heavy atom. The maximum Gasteiger partial charge on any atom is 0.271 e. The summed E-state index contributed by atoms with van der Waals surface area (Å²) >= 11 is 3.01. The number of aromatic nitrogens is 1. The van der Waals surface area contributed by atoms with E-state index in [0.29, 0.717) is 22.9 Å². The predicted molar refractivity (Wildman–Crippen MR) is 85.9 cm³/mol. The molecule has 21 heavy (non-hydrogen) atoms. The van der Waals surface area contributed by atoms with E-state index in [4.69, 9.17) is 9.52 Å². The second kappa shape index (κ2) is 7.63. The topological polar surface area (TPSA) is 75.4 Å². The fraction of sp³-hybridized carbons (Fsp3) is 0.429. The molecular formula is C14H18N2O3S2. The van der Waals surface area contributed by atoms with Crippen LogP contribution in [0.1, 0.15) is 22.7 Å². The molecule has 0 saturated carbocycles. The highest BCUT2D eigenvalue weighted by atomic mass is 32.2. The summed E-state index contributed by atoms with van der Waals surface area (Å²) in [5.74, 6) is 2.04. The van der Waals surface area contributed by atoms with Gasteiger partial charge in [-0.05, 0) is 31.7 Å². The van der Waals surface area contributed by atoms with Gasteiger partial charge in [-0.15, -0.1) is 11.3 Å². The predicted octanol–water partition coefficient (Wildman–Crippen LogP) is 2.56. The highest BCUT2D eigenvalue weighted by Crippen LogP contribution is 2.25. The molecule has 0 spiro atoms. The third-order valence-electron chi connectivity index (χ3n) is 2.87. The summed E-state index contributed by atoms with van der Waals surface area (Å²) < 4.78 is 5.50. The molecule has 2 rings (SSSR count). The Morgan fingerprint density at radius 1 is 1.57 bits per heavy atom. The number of amides is 1. The average molecular weight is 326 g/mol. The molecule has 0 fully saturated rings. The van der Waals surface area contributed by atoms with E-state index < -0.39 is 0 Å². The number of carbonyl (C=O) groups excluding carboxylic acids is 1. The lowest BCUT2D eigenvalue weighted by Crippen LogP contribution is -2.37. The van der Waals surface area contributed by atoms with Crippen LogP contribution in [-0.4, -0.2) is 40.7 Å². The Morgan fingerprint density at radius 2 is 2.38 bits per heavy atom. The first kappa shape index (κ1) is 16.1. The number of aliphatic hydroxyl groups excluding tert-OH is 1. The minimum absolute atomic E-state index is 0.0477. The van der Waals surface area contributed by atoms with Crippen LogP contribution in [0.4, 0.5) is 0 Å². The Kier molecular flexibility index (Phi) is 5.84. The van der Waals surface area contributed by atoms with Crippen LogP contribution < -0.4 is 5.32 Å². The van der Waals surface area contributed by atoms with E-state index in [2.05, 4.69) is 10.3 Å². The van der Waals surface area contributed by atoms with Gasteiger partial charge in [0, 0.05) is 23.8 Å². The highest BCUT2D eigenvalue weighted by molar-refractivity contribution is 7.98. The van der Waals surface area contributed by atoms with Crippen LogP contribution in [0.2, 0.25) is 0 Å². The molecule has 2 N–H and O–H groups in total. The van der Waals surface area contributed by atoms with Gasteiger partial charge in [-0.2, -0.15) is 11.8 Å². The number of rotatable bonds is 7. The van der Waals surface area contributed by atoms with Crippen molar-refractivity contribution in [1.82, 2.24) is 10.3 Å². The fourth-order valence-corrected chi connectivity index (χ4v) is 3.27. The quantitative estimate of drug-likeness (QED) is 0.818. The molecule has 1 unspecified atom stereocenters. The molecule has 0 radical (unpaired) electrons. The molecule has 5 nitrogen and oxygen atoms in total. The maximum atomic E-state index is 12.2. The second-order valence-electron chi connectivity index (χ2n) is 4.59. The van der Waals surface area contributed by atoms with Crippen LogP contribution in [0.3, 0.4) is 0 Å². The first-order valence-electron chi connectivity index (χ1n) is 6.57. The molecule has 0 aliphatic carbocycles. The third-order valence-corrected chi connectivity index (χ3v) is 4.46. The number of thioether (sulfide) groups is 1. The van der Waals surface area contributed by atoms with Gasteiger partial charge in [0.25, 0.3) is 5.91 Å². The number of hydrogen-bond donors (Lipinski definition) is 2. The Bertz CT molecular complexity index is 589. The van der Waals surface area contributed by atoms with Crippen LogP contribution in [0.15, 0.2) is 21.9 Å². The number of nitrogens with one attached hydrogen (secondary N) is 1. The lowest BCUT2D eigenvalue weighted by molar-refractivity contribution is 0.0931. The summed E-state index contributed by atoms with van der Waals surface area (Å²) in [6.07, 6.45) is 2.51. The summed E-state index contributed by atoms with van der Waals surface area (Å²) in [6.45, 7) is 1.92. The molecule has 0 aliphatic heterocycles. The number of aliphatic hydroxyl groups is 1. The van der Waals surface area contributed by atoms with Crippen molar-refractivity contribution < 1.29 is 14.3 Å².